The lowest BCUT2D eigenvalue weighted by molar-refractivity contribution is 0.0303. The molecular weight excluding hydrogens is 532 g/mol. The number of carbonyl (C=O) groups is 2. The van der Waals surface area contributed by atoms with Crippen LogP contribution in [0.4, 0.5) is 17.3 Å². The molecule has 10 heteroatoms. The van der Waals surface area contributed by atoms with Crippen LogP contribution < -0.4 is 16.2 Å². The van der Waals surface area contributed by atoms with Gasteiger partial charge >= 0.3 is 0 Å². The number of aryl methyl sites for hydroxylation is 2. The number of nitrogens with one attached hydrogen (secondary N) is 2. The molecule has 1 aliphatic heterocycles. The van der Waals surface area contributed by atoms with Gasteiger partial charge in [-0.1, -0.05) is 37.6 Å². The van der Waals surface area contributed by atoms with Crippen LogP contribution in [-0.4, -0.2) is 57.6 Å². The van der Waals surface area contributed by atoms with Gasteiger partial charge in [0.2, 0.25) is 0 Å². The zero-order valence-electron chi connectivity index (χ0n) is 23.8. The lowest BCUT2D eigenvalue weighted by Gasteiger charge is -2.26. The Morgan fingerprint density at radius 2 is 1.69 bits per heavy atom. The zero-order chi connectivity index (χ0) is 29.5. The number of ether oxygens (including phenoxy) is 1. The van der Waals surface area contributed by atoms with Crippen LogP contribution in [0.3, 0.4) is 0 Å². The highest BCUT2D eigenvalue weighted by Gasteiger charge is 2.19. The van der Waals surface area contributed by atoms with E-state index in [1.165, 1.54) is 4.57 Å². The lowest BCUT2D eigenvalue weighted by atomic mass is 10.0. The molecule has 1 fully saturated rings. The first-order valence-corrected chi connectivity index (χ1v) is 14.1. The van der Waals surface area contributed by atoms with Crippen molar-refractivity contribution >= 4 is 29.1 Å². The Morgan fingerprint density at radius 1 is 0.929 bits per heavy atom. The molecule has 5 rings (SSSR count). The minimum Gasteiger partial charge on any atom is -0.378 e. The molecule has 2 aromatic heterocycles. The molecule has 2 aromatic carbocycles. The number of amides is 2. The van der Waals surface area contributed by atoms with E-state index in [0.29, 0.717) is 60.3 Å². The van der Waals surface area contributed by atoms with Crippen molar-refractivity contribution in [3.05, 3.63) is 100.0 Å². The maximum Gasteiger partial charge on any atom is 0.293 e. The molecule has 0 aliphatic carbocycles. The summed E-state index contributed by atoms with van der Waals surface area (Å²) in [5, 5.41) is 5.98. The van der Waals surface area contributed by atoms with Gasteiger partial charge < -0.3 is 24.8 Å². The Bertz CT molecular complexity index is 1630. The van der Waals surface area contributed by atoms with Crippen LogP contribution in [0.5, 0.6) is 0 Å². The normalized spacial score (nSPS) is 13.0. The maximum absolute atomic E-state index is 13.1. The van der Waals surface area contributed by atoms with Gasteiger partial charge in [-0.15, -0.1) is 0 Å². The minimum atomic E-state index is -0.319. The zero-order valence-corrected chi connectivity index (χ0v) is 23.8. The highest BCUT2D eigenvalue weighted by Crippen LogP contribution is 2.21. The van der Waals surface area contributed by atoms with Gasteiger partial charge in [0, 0.05) is 43.1 Å². The molecule has 2 amide bonds. The minimum absolute atomic E-state index is 0.0524. The van der Waals surface area contributed by atoms with Crippen molar-refractivity contribution in [2.24, 2.45) is 7.05 Å². The van der Waals surface area contributed by atoms with Gasteiger partial charge in [-0.05, 0) is 60.9 Å². The molecular formula is C32H34N6O4. The van der Waals surface area contributed by atoms with E-state index in [9.17, 15) is 14.4 Å². The smallest absolute Gasteiger partial charge is 0.293 e. The van der Waals surface area contributed by atoms with Crippen molar-refractivity contribution < 1.29 is 14.3 Å². The van der Waals surface area contributed by atoms with Gasteiger partial charge in [0.05, 0.1) is 18.9 Å². The van der Waals surface area contributed by atoms with Crippen LogP contribution in [0.15, 0.2) is 77.7 Å². The summed E-state index contributed by atoms with van der Waals surface area (Å²) in [6.45, 7) is 4.33. The van der Waals surface area contributed by atoms with Crippen molar-refractivity contribution in [2.45, 2.75) is 26.2 Å². The Balaban J connectivity index is 1.33. The number of rotatable bonds is 9. The summed E-state index contributed by atoms with van der Waals surface area (Å²) < 4.78 is 6.75. The number of hydrogen-bond donors (Lipinski definition) is 2. The van der Waals surface area contributed by atoms with Crippen LogP contribution >= 0.6 is 0 Å². The average molecular weight is 567 g/mol. The molecule has 0 radical (unpaired) electrons. The van der Waals surface area contributed by atoms with Gasteiger partial charge in [-0.2, -0.15) is 0 Å². The molecule has 216 valence electrons. The topological polar surface area (TPSA) is 118 Å². The predicted octanol–water partition coefficient (Wildman–Crippen LogP) is 4.65. The molecule has 0 spiro atoms. The summed E-state index contributed by atoms with van der Waals surface area (Å²) in [4.78, 5) is 49.7. The Hall–Kier alpha value is -4.83. The lowest BCUT2D eigenvalue weighted by Crippen LogP contribution is -2.40. The molecule has 3 heterocycles. The number of aromatic nitrogens is 3. The van der Waals surface area contributed by atoms with E-state index in [4.69, 9.17) is 4.74 Å². The second kappa shape index (κ2) is 13.2. The largest absolute Gasteiger partial charge is 0.378 e. The van der Waals surface area contributed by atoms with E-state index in [2.05, 4.69) is 27.5 Å². The van der Waals surface area contributed by atoms with E-state index in [-0.39, 0.29) is 23.2 Å². The van der Waals surface area contributed by atoms with Crippen molar-refractivity contribution in [2.75, 3.05) is 36.9 Å². The van der Waals surface area contributed by atoms with Gasteiger partial charge in [0.15, 0.2) is 5.82 Å². The Morgan fingerprint density at radius 3 is 2.45 bits per heavy atom. The molecule has 1 saturated heterocycles. The monoisotopic (exact) mass is 566 g/mol. The van der Waals surface area contributed by atoms with Gasteiger partial charge in [0.25, 0.3) is 17.4 Å². The molecule has 0 saturated carbocycles. The van der Waals surface area contributed by atoms with Crippen LogP contribution in [0.2, 0.25) is 0 Å². The summed E-state index contributed by atoms with van der Waals surface area (Å²) in [6.07, 6.45) is 4.48. The summed E-state index contributed by atoms with van der Waals surface area (Å²) in [6, 6.07) is 19.8. The van der Waals surface area contributed by atoms with Gasteiger partial charge in [-0.3, -0.25) is 14.4 Å². The quantitative estimate of drug-likeness (QED) is 0.303. The number of benzene rings is 2. The number of pyridine rings is 1. The third-order valence-corrected chi connectivity index (χ3v) is 7.08. The fourth-order valence-electron chi connectivity index (χ4n) is 4.75. The Labute approximate surface area is 244 Å². The molecule has 10 nitrogen and oxygen atoms in total. The number of hydrogen-bond acceptors (Lipinski definition) is 7. The van der Waals surface area contributed by atoms with Crippen molar-refractivity contribution in [3.63, 3.8) is 0 Å². The van der Waals surface area contributed by atoms with Crippen LogP contribution in [0.25, 0.3) is 11.4 Å². The predicted molar refractivity (Wildman–Crippen MR) is 162 cm³/mol. The third kappa shape index (κ3) is 6.72. The molecule has 0 unspecified atom stereocenters. The summed E-state index contributed by atoms with van der Waals surface area (Å²) in [5.74, 6) is 0.220. The number of carbonyl (C=O) groups excluding carboxylic acids is 2. The van der Waals surface area contributed by atoms with Gasteiger partial charge in [-0.25, -0.2) is 9.97 Å². The van der Waals surface area contributed by atoms with E-state index in [1.807, 2.05) is 24.3 Å². The molecule has 0 atom stereocenters. The van der Waals surface area contributed by atoms with E-state index >= 15 is 0 Å². The van der Waals surface area contributed by atoms with E-state index < -0.39 is 0 Å². The fraction of sp³-hybridized carbons (Fsp3) is 0.281. The van der Waals surface area contributed by atoms with Crippen LogP contribution in [0, 0.1) is 0 Å². The van der Waals surface area contributed by atoms with Crippen molar-refractivity contribution in [3.8, 4) is 11.4 Å². The molecule has 1 aliphatic rings. The van der Waals surface area contributed by atoms with Crippen LogP contribution in [-0.2, 0) is 18.2 Å². The number of nitrogens with zero attached hydrogens (tertiary/aromatic N) is 4. The van der Waals surface area contributed by atoms with Crippen molar-refractivity contribution in [1.29, 1.82) is 0 Å². The first-order chi connectivity index (χ1) is 20.4. The first-order valence-electron chi connectivity index (χ1n) is 14.1. The van der Waals surface area contributed by atoms with E-state index in [1.54, 1.807) is 60.6 Å². The average Bonchev–Trinajstić information content (AvgIpc) is 3.02. The van der Waals surface area contributed by atoms with Crippen molar-refractivity contribution in [1.82, 2.24) is 19.4 Å². The maximum atomic E-state index is 13.1. The summed E-state index contributed by atoms with van der Waals surface area (Å²) in [7, 11) is 1.64. The highest BCUT2D eigenvalue weighted by molar-refractivity contribution is 6.05. The SMILES string of the molecule is CCCCc1ccccc1C(=O)Nc1cccc(-c2cn(C)c(=O)c(Nc3ccc(C(=O)N4CCOCC4)cc3)n2)n1. The first kappa shape index (κ1) is 28.7. The second-order valence-corrected chi connectivity index (χ2v) is 10.1. The van der Waals surface area contributed by atoms with Gasteiger partial charge in [0.1, 0.15) is 11.5 Å². The summed E-state index contributed by atoms with van der Waals surface area (Å²) in [5.41, 5.74) is 3.44. The fourth-order valence-corrected chi connectivity index (χ4v) is 4.75. The standard InChI is InChI=1S/C32H34N6O4/c1-3-4-8-22-9-5-6-10-25(22)30(39)36-28-12-7-11-26(34-28)27-21-37(2)32(41)29(35-27)33-24-15-13-23(14-16-24)31(40)38-17-19-42-20-18-38/h5-7,9-16,21H,3-4,8,17-20H2,1-2H3,(H,33,35)(H,34,36,39). The summed E-state index contributed by atoms with van der Waals surface area (Å²) >= 11 is 0. The number of unbranched alkanes of at least 4 members (excludes halogenated alkanes) is 1. The highest BCUT2D eigenvalue weighted by atomic mass is 16.5. The molecule has 4 aromatic rings. The molecule has 42 heavy (non-hydrogen) atoms. The number of anilines is 3. The Kier molecular flexibility index (Phi) is 9.03. The van der Waals surface area contributed by atoms with Crippen LogP contribution in [0.1, 0.15) is 46.0 Å². The second-order valence-electron chi connectivity index (χ2n) is 10.1. The third-order valence-electron chi connectivity index (χ3n) is 7.08. The molecule has 2 N–H and O–H groups in total. The number of morpholine rings is 1. The van der Waals surface area contributed by atoms with E-state index in [0.717, 1.165) is 24.8 Å². The molecule has 0 bridgehead atoms.